The van der Waals surface area contributed by atoms with Crippen LogP contribution in [0.4, 0.5) is 4.79 Å². The van der Waals surface area contributed by atoms with Gasteiger partial charge >= 0.3 is 6.09 Å². The molecule has 0 unspecified atom stereocenters. The molecule has 0 saturated carbocycles. The summed E-state index contributed by atoms with van der Waals surface area (Å²) in [4.78, 5) is 23.0. The van der Waals surface area contributed by atoms with Crippen LogP contribution in [0.2, 0.25) is 0 Å². The van der Waals surface area contributed by atoms with Gasteiger partial charge in [-0.15, -0.1) is 0 Å². The van der Waals surface area contributed by atoms with Gasteiger partial charge < -0.3 is 15.2 Å². The van der Waals surface area contributed by atoms with Crippen molar-refractivity contribution in [2.75, 3.05) is 13.2 Å². The van der Waals surface area contributed by atoms with Crippen molar-refractivity contribution in [1.29, 1.82) is 0 Å². The second-order valence-corrected chi connectivity index (χ2v) is 7.38. The third-order valence-electron chi connectivity index (χ3n) is 5.41. The van der Waals surface area contributed by atoms with E-state index in [4.69, 9.17) is 4.74 Å². The van der Waals surface area contributed by atoms with E-state index >= 15 is 0 Å². The minimum absolute atomic E-state index is 0.0334. The van der Waals surface area contributed by atoms with E-state index in [0.717, 1.165) is 6.29 Å². The number of phenols is 1. The van der Waals surface area contributed by atoms with E-state index in [-0.39, 0.29) is 18.3 Å². The Labute approximate surface area is 181 Å². The molecule has 5 heteroatoms. The van der Waals surface area contributed by atoms with Crippen molar-refractivity contribution in [1.82, 2.24) is 5.32 Å². The van der Waals surface area contributed by atoms with E-state index in [1.165, 1.54) is 28.3 Å². The predicted octanol–water partition coefficient (Wildman–Crippen LogP) is 5.15. The number of amides is 1. The van der Waals surface area contributed by atoms with E-state index in [1.807, 2.05) is 30.3 Å². The second-order valence-electron chi connectivity index (χ2n) is 7.38. The predicted molar refractivity (Wildman–Crippen MR) is 120 cm³/mol. The standard InChI is InChI=1S/C26H23NO4/c28-16-18-12-13-25(29)19(15-18)7-5-6-14-27-26(30)31-17-24-22-10-3-1-8-20(22)21-9-2-4-11-23(21)24/h1-5,7-13,15-16,24,29H,6,14,17H2,(H,27,30). The van der Waals surface area contributed by atoms with Crippen LogP contribution in [0.1, 0.15) is 39.4 Å². The number of aldehydes is 1. The Morgan fingerprint density at radius 3 is 2.35 bits per heavy atom. The molecule has 0 bridgehead atoms. The van der Waals surface area contributed by atoms with Crippen LogP contribution >= 0.6 is 0 Å². The molecule has 0 atom stereocenters. The van der Waals surface area contributed by atoms with Crippen LogP contribution in [-0.2, 0) is 4.74 Å². The summed E-state index contributed by atoms with van der Waals surface area (Å²) in [6.45, 7) is 0.684. The maximum absolute atomic E-state index is 12.2. The van der Waals surface area contributed by atoms with Crippen LogP contribution < -0.4 is 5.32 Å². The Hall–Kier alpha value is -3.86. The fourth-order valence-corrected chi connectivity index (χ4v) is 3.90. The summed E-state index contributed by atoms with van der Waals surface area (Å²) in [7, 11) is 0. The number of phenolic OH excluding ortho intramolecular Hbond substituents is 1. The molecule has 3 aromatic carbocycles. The van der Waals surface area contributed by atoms with Gasteiger partial charge in [-0.25, -0.2) is 4.79 Å². The number of carbonyl (C=O) groups is 2. The summed E-state index contributed by atoms with van der Waals surface area (Å²) >= 11 is 0. The summed E-state index contributed by atoms with van der Waals surface area (Å²) in [6, 6.07) is 21.1. The molecule has 5 nitrogen and oxygen atoms in total. The molecule has 0 saturated heterocycles. The molecule has 1 amide bonds. The highest BCUT2D eigenvalue weighted by Crippen LogP contribution is 2.44. The van der Waals surface area contributed by atoms with Gasteiger partial charge in [-0.2, -0.15) is 0 Å². The molecule has 0 radical (unpaired) electrons. The van der Waals surface area contributed by atoms with E-state index in [2.05, 4.69) is 29.6 Å². The smallest absolute Gasteiger partial charge is 0.407 e. The number of nitrogens with one attached hydrogen (secondary N) is 1. The van der Waals surface area contributed by atoms with Gasteiger partial charge in [0.1, 0.15) is 18.6 Å². The monoisotopic (exact) mass is 413 g/mol. The first-order chi connectivity index (χ1) is 15.2. The third-order valence-corrected chi connectivity index (χ3v) is 5.41. The Balaban J connectivity index is 1.28. The van der Waals surface area contributed by atoms with Crippen molar-refractivity contribution in [2.24, 2.45) is 0 Å². The largest absolute Gasteiger partial charge is 0.507 e. The number of aromatic hydroxyl groups is 1. The van der Waals surface area contributed by atoms with Gasteiger partial charge in [0.2, 0.25) is 0 Å². The topological polar surface area (TPSA) is 75.6 Å². The van der Waals surface area contributed by atoms with Gasteiger partial charge in [0, 0.05) is 23.6 Å². The molecular formula is C26H23NO4. The Morgan fingerprint density at radius 1 is 1.00 bits per heavy atom. The van der Waals surface area contributed by atoms with Crippen molar-refractivity contribution in [3.63, 3.8) is 0 Å². The van der Waals surface area contributed by atoms with Crippen molar-refractivity contribution in [3.05, 3.63) is 95.1 Å². The highest BCUT2D eigenvalue weighted by molar-refractivity contribution is 5.79. The van der Waals surface area contributed by atoms with Gasteiger partial charge in [0.05, 0.1) is 0 Å². The lowest BCUT2D eigenvalue weighted by Gasteiger charge is -2.14. The van der Waals surface area contributed by atoms with Crippen LogP contribution in [0.25, 0.3) is 17.2 Å². The van der Waals surface area contributed by atoms with E-state index < -0.39 is 6.09 Å². The summed E-state index contributed by atoms with van der Waals surface area (Å²) in [5, 5.41) is 12.6. The second kappa shape index (κ2) is 9.30. The highest BCUT2D eigenvalue weighted by Gasteiger charge is 2.28. The zero-order valence-corrected chi connectivity index (χ0v) is 17.0. The molecule has 3 aromatic rings. The first-order valence-electron chi connectivity index (χ1n) is 10.2. The van der Waals surface area contributed by atoms with Gasteiger partial charge in [-0.05, 0) is 46.9 Å². The van der Waals surface area contributed by atoms with E-state index in [9.17, 15) is 14.7 Å². The normalized spacial score (nSPS) is 12.4. The third kappa shape index (κ3) is 4.51. The molecular weight excluding hydrogens is 390 g/mol. The molecule has 1 aliphatic carbocycles. The van der Waals surface area contributed by atoms with E-state index in [0.29, 0.717) is 24.1 Å². The van der Waals surface area contributed by atoms with Crippen LogP contribution in [0.15, 0.2) is 72.8 Å². The van der Waals surface area contributed by atoms with Crippen molar-refractivity contribution in [2.45, 2.75) is 12.3 Å². The zero-order valence-electron chi connectivity index (χ0n) is 17.0. The molecule has 0 fully saturated rings. The van der Waals surface area contributed by atoms with E-state index in [1.54, 1.807) is 18.2 Å². The Kier molecular flexibility index (Phi) is 6.13. The summed E-state index contributed by atoms with van der Waals surface area (Å²) < 4.78 is 5.50. The Morgan fingerprint density at radius 2 is 1.68 bits per heavy atom. The molecule has 4 rings (SSSR count). The average molecular weight is 413 g/mol. The molecule has 0 spiro atoms. The van der Waals surface area contributed by atoms with Gasteiger partial charge in [-0.1, -0.05) is 60.7 Å². The van der Waals surface area contributed by atoms with Crippen LogP contribution in [0.3, 0.4) is 0 Å². The molecule has 0 aromatic heterocycles. The SMILES string of the molecule is O=Cc1ccc(O)c(C=CCCNC(=O)OCC2c3ccccc3-c3ccccc32)c1. The summed E-state index contributed by atoms with van der Waals surface area (Å²) in [5.74, 6) is 0.137. The number of hydrogen-bond acceptors (Lipinski definition) is 4. The maximum Gasteiger partial charge on any atom is 0.407 e. The molecule has 31 heavy (non-hydrogen) atoms. The maximum atomic E-state index is 12.2. The summed E-state index contributed by atoms with van der Waals surface area (Å²) in [6.07, 6.45) is 4.39. The molecule has 2 N–H and O–H groups in total. The van der Waals surface area contributed by atoms with Crippen LogP contribution in [-0.4, -0.2) is 30.6 Å². The number of alkyl carbamates (subject to hydrolysis) is 1. The molecule has 0 heterocycles. The quantitative estimate of drug-likeness (QED) is 0.415. The highest BCUT2D eigenvalue weighted by atomic mass is 16.5. The van der Waals surface area contributed by atoms with Gasteiger partial charge in [0.25, 0.3) is 0 Å². The van der Waals surface area contributed by atoms with Gasteiger partial charge in [0.15, 0.2) is 0 Å². The number of hydrogen-bond donors (Lipinski definition) is 2. The molecule has 1 aliphatic rings. The number of benzene rings is 3. The Bertz CT molecular complexity index is 1090. The van der Waals surface area contributed by atoms with Crippen molar-refractivity contribution < 1.29 is 19.4 Å². The minimum Gasteiger partial charge on any atom is -0.507 e. The summed E-state index contributed by atoms with van der Waals surface area (Å²) in [5.41, 5.74) is 5.80. The fraction of sp³-hybridized carbons (Fsp3) is 0.154. The van der Waals surface area contributed by atoms with Crippen molar-refractivity contribution in [3.8, 4) is 16.9 Å². The fourth-order valence-electron chi connectivity index (χ4n) is 3.90. The van der Waals surface area contributed by atoms with Crippen LogP contribution in [0, 0.1) is 0 Å². The number of ether oxygens (including phenoxy) is 1. The lowest BCUT2D eigenvalue weighted by atomic mass is 9.98. The number of rotatable bonds is 7. The average Bonchev–Trinajstić information content (AvgIpc) is 3.12. The number of fused-ring (bicyclic) bond motifs is 3. The van der Waals surface area contributed by atoms with Crippen LogP contribution in [0.5, 0.6) is 5.75 Å². The van der Waals surface area contributed by atoms with Crippen molar-refractivity contribution >= 4 is 18.5 Å². The van der Waals surface area contributed by atoms with Gasteiger partial charge in [-0.3, -0.25) is 4.79 Å². The lowest BCUT2D eigenvalue weighted by Crippen LogP contribution is -2.26. The number of carbonyl (C=O) groups excluding carboxylic acids is 2. The minimum atomic E-state index is -0.457. The zero-order chi connectivity index (χ0) is 21.6. The first kappa shape index (κ1) is 20.4. The lowest BCUT2D eigenvalue weighted by molar-refractivity contribution is 0.112. The first-order valence-corrected chi connectivity index (χ1v) is 10.2. The molecule has 156 valence electrons. The molecule has 0 aliphatic heterocycles.